The highest BCUT2D eigenvalue weighted by Crippen LogP contribution is 2.24. The molecule has 3 aromatic heterocycles. The number of aromatic nitrogens is 3. The van der Waals surface area contributed by atoms with Crippen molar-refractivity contribution in [3.8, 4) is 11.4 Å². The number of pyridine rings is 1. The topological polar surface area (TPSA) is 56.2 Å². The lowest BCUT2D eigenvalue weighted by Crippen LogP contribution is -2.01. The molecular formula is C14H14N4. The summed E-state index contributed by atoms with van der Waals surface area (Å²) in [5, 5.41) is 0. The van der Waals surface area contributed by atoms with Crippen LogP contribution in [0.5, 0.6) is 0 Å². The van der Waals surface area contributed by atoms with Crippen molar-refractivity contribution in [2.75, 3.05) is 0 Å². The van der Waals surface area contributed by atoms with E-state index in [1.807, 2.05) is 18.3 Å². The molecule has 0 aliphatic rings. The van der Waals surface area contributed by atoms with E-state index in [1.54, 1.807) is 12.4 Å². The van der Waals surface area contributed by atoms with E-state index in [4.69, 9.17) is 5.73 Å². The Labute approximate surface area is 105 Å². The minimum absolute atomic E-state index is 0.418. The molecule has 4 heteroatoms. The minimum atomic E-state index is 0.418. The molecule has 0 spiro atoms. The second-order valence-corrected chi connectivity index (χ2v) is 4.27. The van der Waals surface area contributed by atoms with E-state index >= 15 is 0 Å². The van der Waals surface area contributed by atoms with Gasteiger partial charge in [-0.25, -0.2) is 0 Å². The predicted octanol–water partition coefficient (Wildman–Crippen LogP) is 2.16. The number of nitrogens with two attached hydrogens (primary N) is 1. The van der Waals surface area contributed by atoms with Crippen LogP contribution in [0.1, 0.15) is 11.3 Å². The van der Waals surface area contributed by atoms with E-state index in [0.717, 1.165) is 22.6 Å². The lowest BCUT2D eigenvalue weighted by molar-refractivity contribution is 0.962. The van der Waals surface area contributed by atoms with Crippen LogP contribution in [-0.4, -0.2) is 14.4 Å². The number of rotatable bonds is 2. The molecule has 4 nitrogen and oxygen atoms in total. The zero-order valence-corrected chi connectivity index (χ0v) is 10.2. The largest absolute Gasteiger partial charge is 0.325 e. The molecule has 3 heterocycles. The maximum Gasteiger partial charge on any atom is 0.106 e. The highest BCUT2D eigenvalue weighted by molar-refractivity contribution is 5.68. The quantitative estimate of drug-likeness (QED) is 0.744. The zero-order chi connectivity index (χ0) is 12.5. The van der Waals surface area contributed by atoms with Gasteiger partial charge in [0.25, 0.3) is 0 Å². The minimum Gasteiger partial charge on any atom is -0.325 e. The Bertz CT molecular complexity index is 683. The number of aryl methyl sites for hydroxylation is 1. The Morgan fingerprint density at radius 2 is 2.11 bits per heavy atom. The number of nitrogens with zero attached hydrogens (tertiary/aromatic N) is 3. The fraction of sp³-hybridized carbons (Fsp3) is 0.143. The van der Waals surface area contributed by atoms with Crippen molar-refractivity contribution in [1.82, 2.24) is 14.4 Å². The fourth-order valence-electron chi connectivity index (χ4n) is 2.17. The molecule has 0 aliphatic heterocycles. The Morgan fingerprint density at radius 3 is 2.83 bits per heavy atom. The molecule has 0 bridgehead atoms. The lowest BCUT2D eigenvalue weighted by Gasteiger charge is -2.04. The third kappa shape index (κ3) is 1.67. The third-order valence-corrected chi connectivity index (χ3v) is 3.03. The average Bonchev–Trinajstić information content (AvgIpc) is 2.75. The van der Waals surface area contributed by atoms with Crippen molar-refractivity contribution in [2.45, 2.75) is 13.5 Å². The van der Waals surface area contributed by atoms with Crippen LogP contribution in [0, 0.1) is 6.92 Å². The molecule has 0 radical (unpaired) electrons. The Kier molecular flexibility index (Phi) is 2.57. The summed E-state index contributed by atoms with van der Waals surface area (Å²) in [7, 11) is 0. The summed E-state index contributed by atoms with van der Waals surface area (Å²) >= 11 is 0. The van der Waals surface area contributed by atoms with E-state index in [-0.39, 0.29) is 0 Å². The molecular weight excluding hydrogens is 224 g/mol. The van der Waals surface area contributed by atoms with Gasteiger partial charge in [-0.3, -0.25) is 9.97 Å². The van der Waals surface area contributed by atoms with Crippen molar-refractivity contribution < 1.29 is 0 Å². The predicted molar refractivity (Wildman–Crippen MR) is 71.1 cm³/mol. The van der Waals surface area contributed by atoms with Crippen LogP contribution >= 0.6 is 0 Å². The van der Waals surface area contributed by atoms with Crippen LogP contribution in [0.3, 0.4) is 0 Å². The van der Waals surface area contributed by atoms with E-state index in [2.05, 4.69) is 33.4 Å². The van der Waals surface area contributed by atoms with Crippen LogP contribution in [0.25, 0.3) is 16.9 Å². The molecule has 3 aromatic rings. The summed E-state index contributed by atoms with van der Waals surface area (Å²) in [5.41, 5.74) is 10.6. The summed E-state index contributed by atoms with van der Waals surface area (Å²) in [6, 6.07) is 8.27. The molecule has 2 N–H and O–H groups in total. The summed E-state index contributed by atoms with van der Waals surface area (Å²) in [6.07, 6.45) is 5.55. The molecule has 0 aromatic carbocycles. The number of hydrogen-bond donors (Lipinski definition) is 1. The summed E-state index contributed by atoms with van der Waals surface area (Å²) in [4.78, 5) is 8.74. The van der Waals surface area contributed by atoms with Gasteiger partial charge in [-0.1, -0.05) is 6.07 Å². The third-order valence-electron chi connectivity index (χ3n) is 3.03. The molecule has 90 valence electrons. The second kappa shape index (κ2) is 4.23. The summed E-state index contributed by atoms with van der Waals surface area (Å²) in [5.74, 6) is 0. The van der Waals surface area contributed by atoms with Crippen LogP contribution in [0.2, 0.25) is 0 Å². The first kappa shape index (κ1) is 10.9. The molecule has 0 atom stereocenters. The standard InChI is InChI=1S/C14H14N4/c1-10-6-12-4-2-3-5-18(12)14(10)13-9-16-11(7-15)8-17-13/h2-6,8-9H,7,15H2,1H3. The first-order valence-corrected chi connectivity index (χ1v) is 5.87. The monoisotopic (exact) mass is 238 g/mol. The molecule has 0 saturated heterocycles. The van der Waals surface area contributed by atoms with Crippen molar-refractivity contribution >= 4 is 5.52 Å². The number of hydrogen-bond acceptors (Lipinski definition) is 3. The van der Waals surface area contributed by atoms with Crippen molar-refractivity contribution in [3.63, 3.8) is 0 Å². The van der Waals surface area contributed by atoms with Gasteiger partial charge < -0.3 is 10.1 Å². The SMILES string of the molecule is Cc1cc2ccccn2c1-c1cnc(CN)cn1. The molecule has 0 unspecified atom stereocenters. The Morgan fingerprint density at radius 1 is 1.22 bits per heavy atom. The lowest BCUT2D eigenvalue weighted by atomic mass is 10.2. The van der Waals surface area contributed by atoms with E-state index in [1.165, 1.54) is 5.56 Å². The first-order chi connectivity index (χ1) is 8.79. The zero-order valence-electron chi connectivity index (χ0n) is 10.2. The molecule has 3 rings (SSSR count). The highest BCUT2D eigenvalue weighted by Gasteiger charge is 2.10. The van der Waals surface area contributed by atoms with Gasteiger partial charge in [0.05, 0.1) is 23.8 Å². The smallest absolute Gasteiger partial charge is 0.106 e. The molecule has 0 amide bonds. The van der Waals surface area contributed by atoms with E-state index in [0.29, 0.717) is 6.54 Å². The van der Waals surface area contributed by atoms with Crippen molar-refractivity contribution in [2.24, 2.45) is 5.73 Å². The fourth-order valence-corrected chi connectivity index (χ4v) is 2.17. The normalized spacial score (nSPS) is 11.0. The average molecular weight is 238 g/mol. The van der Waals surface area contributed by atoms with Gasteiger partial charge in [-0.2, -0.15) is 0 Å². The van der Waals surface area contributed by atoms with Gasteiger partial charge in [0.2, 0.25) is 0 Å². The van der Waals surface area contributed by atoms with Crippen LogP contribution < -0.4 is 5.73 Å². The van der Waals surface area contributed by atoms with Crippen LogP contribution in [-0.2, 0) is 6.54 Å². The van der Waals surface area contributed by atoms with Crippen molar-refractivity contribution in [3.05, 3.63) is 54.1 Å². The molecule has 0 fully saturated rings. The number of fused-ring (bicyclic) bond motifs is 1. The van der Waals surface area contributed by atoms with Gasteiger partial charge in [0, 0.05) is 18.3 Å². The second-order valence-electron chi connectivity index (χ2n) is 4.27. The van der Waals surface area contributed by atoms with Gasteiger partial charge in [0.15, 0.2) is 0 Å². The van der Waals surface area contributed by atoms with E-state index < -0.39 is 0 Å². The Balaban J connectivity index is 2.20. The molecule has 18 heavy (non-hydrogen) atoms. The van der Waals surface area contributed by atoms with Crippen LogP contribution in [0.4, 0.5) is 0 Å². The summed E-state index contributed by atoms with van der Waals surface area (Å²) in [6.45, 7) is 2.50. The van der Waals surface area contributed by atoms with Gasteiger partial charge in [0.1, 0.15) is 5.69 Å². The highest BCUT2D eigenvalue weighted by atomic mass is 14.9. The van der Waals surface area contributed by atoms with Gasteiger partial charge >= 0.3 is 0 Å². The maximum atomic E-state index is 5.53. The van der Waals surface area contributed by atoms with Crippen LogP contribution in [0.15, 0.2) is 42.9 Å². The summed E-state index contributed by atoms with van der Waals surface area (Å²) < 4.78 is 2.13. The van der Waals surface area contributed by atoms with Crippen molar-refractivity contribution in [1.29, 1.82) is 0 Å². The molecule has 0 aliphatic carbocycles. The van der Waals surface area contributed by atoms with Gasteiger partial charge in [-0.15, -0.1) is 0 Å². The molecule has 0 saturated carbocycles. The maximum absolute atomic E-state index is 5.53. The van der Waals surface area contributed by atoms with Gasteiger partial charge in [-0.05, 0) is 30.7 Å². The Hall–Kier alpha value is -2.20. The first-order valence-electron chi connectivity index (χ1n) is 5.87. The van der Waals surface area contributed by atoms with E-state index in [9.17, 15) is 0 Å².